The number of halogens is 2. The maximum Gasteiger partial charge on any atom is 0.221 e. The van der Waals surface area contributed by atoms with Gasteiger partial charge in [-0.3, -0.25) is 4.79 Å². The first-order chi connectivity index (χ1) is 7.66. The predicted molar refractivity (Wildman–Crippen MR) is 62.4 cm³/mol. The van der Waals surface area contributed by atoms with Gasteiger partial charge < -0.3 is 10.6 Å². The van der Waals surface area contributed by atoms with E-state index in [1.807, 2.05) is 6.07 Å². The molecule has 0 radical (unpaired) electrons. The van der Waals surface area contributed by atoms with Crippen molar-refractivity contribution in [3.8, 4) is 0 Å². The lowest BCUT2D eigenvalue weighted by molar-refractivity contribution is -0.119. The van der Waals surface area contributed by atoms with E-state index >= 15 is 0 Å². The van der Waals surface area contributed by atoms with Gasteiger partial charge in [-0.1, -0.05) is 12.1 Å². The quantitative estimate of drug-likeness (QED) is 0.886. The Morgan fingerprint density at radius 2 is 2.38 bits per heavy atom. The van der Waals surface area contributed by atoms with Crippen molar-refractivity contribution >= 4 is 21.8 Å². The van der Waals surface area contributed by atoms with E-state index in [4.69, 9.17) is 0 Å². The number of hydrogen-bond acceptors (Lipinski definition) is 2. The summed E-state index contributed by atoms with van der Waals surface area (Å²) in [6.45, 7) is 1.20. The van der Waals surface area contributed by atoms with Crippen LogP contribution in [0.25, 0.3) is 0 Å². The van der Waals surface area contributed by atoms with E-state index in [0.717, 1.165) is 5.56 Å². The smallest absolute Gasteiger partial charge is 0.221 e. The summed E-state index contributed by atoms with van der Waals surface area (Å²) in [5, 5.41) is 5.96. The van der Waals surface area contributed by atoms with Gasteiger partial charge in [0, 0.05) is 25.6 Å². The van der Waals surface area contributed by atoms with Crippen molar-refractivity contribution in [2.24, 2.45) is 0 Å². The summed E-state index contributed by atoms with van der Waals surface area (Å²) in [6.07, 6.45) is 0.493. The van der Waals surface area contributed by atoms with Gasteiger partial charge in [-0.2, -0.15) is 0 Å². The van der Waals surface area contributed by atoms with Gasteiger partial charge in [0.25, 0.3) is 0 Å². The van der Waals surface area contributed by atoms with Crippen molar-refractivity contribution in [3.63, 3.8) is 0 Å². The summed E-state index contributed by atoms with van der Waals surface area (Å²) in [4.78, 5) is 11.0. The molecule has 1 aliphatic rings. The fourth-order valence-electron chi connectivity index (χ4n) is 1.69. The number of carbonyl (C=O) groups excluding carboxylic acids is 1. The van der Waals surface area contributed by atoms with Gasteiger partial charge in [-0.25, -0.2) is 4.39 Å². The van der Waals surface area contributed by atoms with Crippen LogP contribution in [0.5, 0.6) is 0 Å². The average Bonchev–Trinajstić information content (AvgIpc) is 2.67. The predicted octanol–water partition coefficient (Wildman–Crippen LogP) is 1.57. The Bertz CT molecular complexity index is 411. The lowest BCUT2D eigenvalue weighted by Gasteiger charge is -2.11. The van der Waals surface area contributed by atoms with E-state index in [9.17, 15) is 9.18 Å². The lowest BCUT2D eigenvalue weighted by atomic mass is 10.2. The van der Waals surface area contributed by atoms with Crippen LogP contribution in [0, 0.1) is 5.82 Å². The van der Waals surface area contributed by atoms with E-state index in [2.05, 4.69) is 26.6 Å². The molecule has 0 spiro atoms. The second-order valence-electron chi connectivity index (χ2n) is 3.80. The highest BCUT2D eigenvalue weighted by atomic mass is 79.9. The van der Waals surface area contributed by atoms with Crippen molar-refractivity contribution in [1.82, 2.24) is 10.6 Å². The van der Waals surface area contributed by atoms with Crippen LogP contribution in [0.15, 0.2) is 22.7 Å². The van der Waals surface area contributed by atoms with Gasteiger partial charge in [0.1, 0.15) is 5.82 Å². The number of rotatable bonds is 3. The Kier molecular flexibility index (Phi) is 3.56. The fraction of sp³-hybridized carbons (Fsp3) is 0.364. The maximum absolute atomic E-state index is 13.2. The van der Waals surface area contributed by atoms with Crippen LogP contribution in [0.4, 0.5) is 4.39 Å². The van der Waals surface area contributed by atoms with Gasteiger partial charge in [0.05, 0.1) is 4.47 Å². The lowest BCUT2D eigenvalue weighted by Crippen LogP contribution is -2.30. The topological polar surface area (TPSA) is 41.1 Å². The summed E-state index contributed by atoms with van der Waals surface area (Å²) in [5.74, 6) is -0.198. The zero-order valence-corrected chi connectivity index (χ0v) is 10.2. The van der Waals surface area contributed by atoms with Crippen molar-refractivity contribution in [2.75, 3.05) is 6.54 Å². The molecule has 1 unspecified atom stereocenters. The number of amides is 1. The zero-order valence-electron chi connectivity index (χ0n) is 8.59. The van der Waals surface area contributed by atoms with Gasteiger partial charge >= 0.3 is 0 Å². The molecule has 1 fully saturated rings. The Hall–Kier alpha value is -0.940. The minimum absolute atomic E-state index is 0.0656. The maximum atomic E-state index is 13.2. The molecule has 1 heterocycles. The number of benzene rings is 1. The van der Waals surface area contributed by atoms with E-state index in [0.29, 0.717) is 24.0 Å². The van der Waals surface area contributed by atoms with Crippen molar-refractivity contribution in [3.05, 3.63) is 34.1 Å². The molecular formula is C11H12BrFN2O. The normalized spacial score (nSPS) is 19.9. The molecule has 1 aromatic carbocycles. The van der Waals surface area contributed by atoms with Crippen LogP contribution in [-0.2, 0) is 11.3 Å². The molecule has 0 aliphatic carbocycles. The summed E-state index contributed by atoms with van der Waals surface area (Å²) in [5.41, 5.74) is 0.861. The van der Waals surface area contributed by atoms with Gasteiger partial charge in [0.15, 0.2) is 0 Å². The Balaban J connectivity index is 1.94. The standard InChI is InChI=1S/C11H12BrFN2O/c12-11-7(2-1-3-9(11)13)5-14-8-4-10(16)15-6-8/h1-3,8,14H,4-6H2,(H,15,16). The van der Waals surface area contributed by atoms with Crippen molar-refractivity contribution in [2.45, 2.75) is 19.0 Å². The van der Waals surface area contributed by atoms with E-state index < -0.39 is 0 Å². The molecule has 0 bridgehead atoms. The second-order valence-corrected chi connectivity index (χ2v) is 4.59. The summed E-state index contributed by atoms with van der Waals surface area (Å²) >= 11 is 3.20. The Morgan fingerprint density at radius 3 is 3.06 bits per heavy atom. The van der Waals surface area contributed by atoms with Crippen LogP contribution in [0.2, 0.25) is 0 Å². The first-order valence-electron chi connectivity index (χ1n) is 5.10. The van der Waals surface area contributed by atoms with Crippen LogP contribution < -0.4 is 10.6 Å². The Labute approximate surface area is 102 Å². The minimum Gasteiger partial charge on any atom is -0.354 e. The molecule has 2 rings (SSSR count). The highest BCUT2D eigenvalue weighted by Crippen LogP contribution is 2.20. The van der Waals surface area contributed by atoms with Crippen LogP contribution in [-0.4, -0.2) is 18.5 Å². The summed E-state index contributed by atoms with van der Waals surface area (Å²) < 4.78 is 13.7. The molecule has 3 nitrogen and oxygen atoms in total. The van der Waals surface area contributed by atoms with Gasteiger partial charge in [-0.15, -0.1) is 0 Å². The molecule has 1 amide bonds. The molecule has 0 saturated carbocycles. The zero-order chi connectivity index (χ0) is 11.5. The number of carbonyl (C=O) groups is 1. The molecule has 1 aliphatic heterocycles. The third kappa shape index (κ3) is 2.59. The molecule has 1 atom stereocenters. The van der Waals surface area contributed by atoms with Gasteiger partial charge in [0.2, 0.25) is 5.91 Å². The third-order valence-corrected chi connectivity index (χ3v) is 3.48. The first kappa shape index (κ1) is 11.5. The van der Waals surface area contributed by atoms with E-state index in [1.54, 1.807) is 6.07 Å². The summed E-state index contributed by atoms with van der Waals surface area (Å²) in [7, 11) is 0. The van der Waals surface area contributed by atoms with E-state index in [-0.39, 0.29) is 17.8 Å². The number of hydrogen-bond donors (Lipinski definition) is 2. The molecule has 86 valence electrons. The highest BCUT2D eigenvalue weighted by Gasteiger charge is 2.20. The Morgan fingerprint density at radius 1 is 1.56 bits per heavy atom. The van der Waals surface area contributed by atoms with Crippen LogP contribution in [0.3, 0.4) is 0 Å². The molecule has 16 heavy (non-hydrogen) atoms. The van der Waals surface area contributed by atoms with Gasteiger partial charge in [-0.05, 0) is 27.6 Å². The second kappa shape index (κ2) is 4.93. The third-order valence-electron chi connectivity index (χ3n) is 2.59. The number of nitrogens with one attached hydrogen (secondary N) is 2. The van der Waals surface area contributed by atoms with Crippen LogP contribution in [0.1, 0.15) is 12.0 Å². The highest BCUT2D eigenvalue weighted by molar-refractivity contribution is 9.10. The summed E-state index contributed by atoms with van der Waals surface area (Å²) in [6, 6.07) is 5.08. The monoisotopic (exact) mass is 286 g/mol. The fourth-order valence-corrected chi connectivity index (χ4v) is 2.09. The SMILES string of the molecule is O=C1CC(NCc2cccc(F)c2Br)CN1. The average molecular weight is 287 g/mol. The van der Waals surface area contributed by atoms with Crippen molar-refractivity contribution < 1.29 is 9.18 Å². The molecule has 0 aromatic heterocycles. The molecule has 5 heteroatoms. The van der Waals surface area contributed by atoms with Crippen molar-refractivity contribution in [1.29, 1.82) is 0 Å². The van der Waals surface area contributed by atoms with Crippen LogP contribution >= 0.6 is 15.9 Å². The molecular weight excluding hydrogens is 275 g/mol. The minimum atomic E-state index is -0.264. The molecule has 2 N–H and O–H groups in total. The molecule has 1 saturated heterocycles. The first-order valence-corrected chi connectivity index (χ1v) is 5.89. The largest absolute Gasteiger partial charge is 0.354 e. The van der Waals surface area contributed by atoms with E-state index in [1.165, 1.54) is 6.07 Å². The molecule has 1 aromatic rings.